The molecule has 2 atom stereocenters. The predicted octanol–water partition coefficient (Wildman–Crippen LogP) is 4.14. The minimum absolute atomic E-state index is 0.140. The Morgan fingerprint density at radius 3 is 2.84 bits per heavy atom. The zero-order chi connectivity index (χ0) is 13.8. The van der Waals surface area contributed by atoms with Crippen molar-refractivity contribution in [2.75, 3.05) is 7.11 Å². The van der Waals surface area contributed by atoms with Crippen LogP contribution in [0.2, 0.25) is 5.15 Å². The highest BCUT2D eigenvalue weighted by molar-refractivity contribution is 6.29. The summed E-state index contributed by atoms with van der Waals surface area (Å²) in [5, 5.41) is 0.305. The molecule has 2 unspecified atom stereocenters. The summed E-state index contributed by atoms with van der Waals surface area (Å²) in [7, 11) is 1.52. The van der Waals surface area contributed by atoms with E-state index in [1.54, 1.807) is 12.1 Å². The lowest BCUT2D eigenvalue weighted by Crippen LogP contribution is -2.20. The molecule has 4 heteroatoms. The third kappa shape index (κ3) is 3.69. The highest BCUT2D eigenvalue weighted by Crippen LogP contribution is 2.33. The van der Waals surface area contributed by atoms with Crippen molar-refractivity contribution in [1.82, 2.24) is 4.98 Å². The lowest BCUT2D eigenvalue weighted by molar-refractivity contribution is 0.0927. The minimum atomic E-state index is 0.140. The van der Waals surface area contributed by atoms with Gasteiger partial charge in [-0.2, -0.15) is 0 Å². The largest absolute Gasteiger partial charge is 0.481 e. The van der Waals surface area contributed by atoms with E-state index in [1.807, 2.05) is 0 Å². The van der Waals surface area contributed by atoms with Crippen LogP contribution in [0.3, 0.4) is 0 Å². The fraction of sp³-hybridized carbons (Fsp3) is 0.600. The maximum absolute atomic E-state index is 12.3. The van der Waals surface area contributed by atoms with E-state index in [0.29, 0.717) is 34.9 Å². The molecular formula is C15H20ClNO2. The zero-order valence-electron chi connectivity index (χ0n) is 11.5. The Morgan fingerprint density at radius 1 is 1.42 bits per heavy atom. The molecule has 2 rings (SSSR count). The van der Waals surface area contributed by atoms with E-state index in [1.165, 1.54) is 26.4 Å². The molecule has 1 aromatic rings. The summed E-state index contributed by atoms with van der Waals surface area (Å²) in [6, 6.07) is 3.29. The number of ether oxygens (including phenoxy) is 1. The van der Waals surface area contributed by atoms with Gasteiger partial charge in [-0.3, -0.25) is 4.79 Å². The van der Waals surface area contributed by atoms with Gasteiger partial charge in [0.15, 0.2) is 5.78 Å². The Kier molecular flexibility index (Phi) is 4.81. The molecular weight excluding hydrogens is 262 g/mol. The number of carbonyl (C=O) groups excluding carboxylic acids is 1. The Labute approximate surface area is 119 Å². The number of halogens is 1. The summed E-state index contributed by atoms with van der Waals surface area (Å²) >= 11 is 5.90. The third-order valence-corrected chi connectivity index (χ3v) is 4.23. The molecule has 0 amide bonds. The van der Waals surface area contributed by atoms with Crippen LogP contribution in [0.25, 0.3) is 0 Å². The monoisotopic (exact) mass is 281 g/mol. The highest BCUT2D eigenvalue weighted by atomic mass is 35.5. The Balaban J connectivity index is 2.08. The SMILES string of the molecule is COc1cc(C(=O)CC2CCCCC2C)cc(Cl)n1. The van der Waals surface area contributed by atoms with Gasteiger partial charge in [-0.1, -0.05) is 37.8 Å². The normalized spacial score (nSPS) is 23.1. The molecule has 0 aliphatic heterocycles. The van der Waals surface area contributed by atoms with Crippen molar-refractivity contribution in [3.05, 3.63) is 22.8 Å². The van der Waals surface area contributed by atoms with E-state index < -0.39 is 0 Å². The number of aromatic nitrogens is 1. The van der Waals surface area contributed by atoms with Crippen molar-refractivity contribution < 1.29 is 9.53 Å². The number of pyridine rings is 1. The number of carbonyl (C=O) groups is 1. The minimum Gasteiger partial charge on any atom is -0.481 e. The molecule has 1 aromatic heterocycles. The average molecular weight is 282 g/mol. The van der Waals surface area contributed by atoms with E-state index in [9.17, 15) is 4.79 Å². The fourth-order valence-corrected chi connectivity index (χ4v) is 2.99. The van der Waals surface area contributed by atoms with Gasteiger partial charge < -0.3 is 4.74 Å². The molecule has 104 valence electrons. The van der Waals surface area contributed by atoms with Crippen molar-refractivity contribution in [3.63, 3.8) is 0 Å². The van der Waals surface area contributed by atoms with Crippen LogP contribution >= 0.6 is 11.6 Å². The molecule has 0 saturated heterocycles. The molecule has 0 aromatic carbocycles. The average Bonchev–Trinajstić information content (AvgIpc) is 2.40. The summed E-state index contributed by atoms with van der Waals surface area (Å²) in [6.45, 7) is 2.25. The Bertz CT molecular complexity index is 461. The highest BCUT2D eigenvalue weighted by Gasteiger charge is 2.24. The van der Waals surface area contributed by atoms with Gasteiger partial charge in [0.05, 0.1) is 7.11 Å². The number of methoxy groups -OCH3 is 1. The van der Waals surface area contributed by atoms with Crippen LogP contribution in [0.5, 0.6) is 5.88 Å². The molecule has 0 radical (unpaired) electrons. The van der Waals surface area contributed by atoms with Crippen LogP contribution in [-0.2, 0) is 0 Å². The second-order valence-electron chi connectivity index (χ2n) is 5.37. The molecule has 0 bridgehead atoms. The van der Waals surface area contributed by atoms with E-state index in [0.717, 1.165) is 6.42 Å². The van der Waals surface area contributed by atoms with Gasteiger partial charge in [-0.05, 0) is 24.3 Å². The van der Waals surface area contributed by atoms with Gasteiger partial charge in [-0.25, -0.2) is 4.98 Å². The molecule has 19 heavy (non-hydrogen) atoms. The molecule has 0 N–H and O–H groups in total. The maximum atomic E-state index is 12.3. The maximum Gasteiger partial charge on any atom is 0.215 e. The van der Waals surface area contributed by atoms with Gasteiger partial charge >= 0.3 is 0 Å². The van der Waals surface area contributed by atoms with Gasteiger partial charge in [0.25, 0.3) is 0 Å². The summed E-state index contributed by atoms with van der Waals surface area (Å²) < 4.78 is 5.05. The number of hydrogen-bond acceptors (Lipinski definition) is 3. The molecule has 0 spiro atoms. The van der Waals surface area contributed by atoms with Gasteiger partial charge in [0.2, 0.25) is 5.88 Å². The molecule has 1 aliphatic carbocycles. The lowest BCUT2D eigenvalue weighted by Gasteiger charge is -2.28. The zero-order valence-corrected chi connectivity index (χ0v) is 12.2. The van der Waals surface area contributed by atoms with Crippen molar-refractivity contribution >= 4 is 17.4 Å². The van der Waals surface area contributed by atoms with Crippen molar-refractivity contribution in [3.8, 4) is 5.88 Å². The number of rotatable bonds is 4. The number of hydrogen-bond donors (Lipinski definition) is 0. The molecule has 3 nitrogen and oxygen atoms in total. The first-order valence-electron chi connectivity index (χ1n) is 6.85. The lowest BCUT2D eigenvalue weighted by atomic mass is 9.77. The van der Waals surface area contributed by atoms with E-state index in [-0.39, 0.29) is 5.78 Å². The Hall–Kier alpha value is -1.09. The summed E-state index contributed by atoms with van der Waals surface area (Å²) in [5.74, 6) is 1.67. The van der Waals surface area contributed by atoms with Gasteiger partial charge in [0.1, 0.15) is 5.15 Å². The summed E-state index contributed by atoms with van der Waals surface area (Å²) in [4.78, 5) is 16.3. The molecule has 1 heterocycles. The molecule has 1 fully saturated rings. The summed E-state index contributed by atoms with van der Waals surface area (Å²) in [5.41, 5.74) is 0.606. The topological polar surface area (TPSA) is 39.2 Å². The summed E-state index contributed by atoms with van der Waals surface area (Å²) in [6.07, 6.45) is 5.52. The first-order chi connectivity index (χ1) is 9.10. The van der Waals surface area contributed by atoms with Gasteiger partial charge in [0, 0.05) is 18.1 Å². The first kappa shape index (κ1) is 14.3. The number of ketones is 1. The standard InChI is InChI=1S/C15H20ClNO2/c1-10-5-3-4-6-11(10)7-13(18)12-8-14(16)17-15(9-12)19-2/h8-11H,3-7H2,1-2H3. The van der Waals surface area contributed by atoms with E-state index in [4.69, 9.17) is 16.3 Å². The van der Waals surface area contributed by atoms with Crippen LogP contribution in [0.15, 0.2) is 12.1 Å². The van der Waals surface area contributed by atoms with Crippen LogP contribution < -0.4 is 4.74 Å². The van der Waals surface area contributed by atoms with Crippen LogP contribution in [0.1, 0.15) is 49.4 Å². The van der Waals surface area contributed by atoms with Crippen molar-refractivity contribution in [1.29, 1.82) is 0 Å². The second-order valence-corrected chi connectivity index (χ2v) is 5.76. The van der Waals surface area contributed by atoms with Gasteiger partial charge in [-0.15, -0.1) is 0 Å². The van der Waals surface area contributed by atoms with E-state index in [2.05, 4.69) is 11.9 Å². The van der Waals surface area contributed by atoms with Crippen molar-refractivity contribution in [2.45, 2.75) is 39.0 Å². The fourth-order valence-electron chi connectivity index (χ4n) is 2.79. The van der Waals surface area contributed by atoms with Crippen LogP contribution in [0, 0.1) is 11.8 Å². The Morgan fingerprint density at radius 2 is 2.16 bits per heavy atom. The first-order valence-corrected chi connectivity index (χ1v) is 7.22. The molecule has 1 aliphatic rings. The quantitative estimate of drug-likeness (QED) is 0.615. The number of nitrogens with zero attached hydrogens (tertiary/aromatic N) is 1. The second kappa shape index (κ2) is 6.38. The molecule has 1 saturated carbocycles. The number of Topliss-reactive ketones (excluding diaryl/α,β-unsaturated/α-hetero) is 1. The third-order valence-electron chi connectivity index (χ3n) is 4.04. The van der Waals surface area contributed by atoms with E-state index >= 15 is 0 Å². The smallest absolute Gasteiger partial charge is 0.215 e. The predicted molar refractivity (Wildman–Crippen MR) is 75.9 cm³/mol. The van der Waals surface area contributed by atoms with Crippen LogP contribution in [0.4, 0.5) is 0 Å². The van der Waals surface area contributed by atoms with Crippen molar-refractivity contribution in [2.24, 2.45) is 11.8 Å². The van der Waals surface area contributed by atoms with Crippen LogP contribution in [-0.4, -0.2) is 17.9 Å².